The molecule has 1 aliphatic rings. The molecule has 0 fully saturated rings. The smallest absolute Gasteiger partial charge is 0.268 e. The van der Waals surface area contributed by atoms with Crippen molar-refractivity contribution in [3.8, 4) is 5.69 Å². The minimum absolute atomic E-state index is 0.111. The molecule has 3 aromatic rings. The number of hydrogen-bond donors (Lipinski definition) is 2. The summed E-state index contributed by atoms with van der Waals surface area (Å²) in [7, 11) is -3.88. The molecule has 1 aromatic heterocycles. The van der Waals surface area contributed by atoms with Crippen molar-refractivity contribution in [2.45, 2.75) is 24.2 Å². The Morgan fingerprint density at radius 2 is 1.66 bits per heavy atom. The number of nitrogens with two attached hydrogens (primary N) is 1. The number of Topliss-reactive ketones (excluding diaryl/α,β-unsaturated/α-hetero) is 1. The van der Waals surface area contributed by atoms with Crippen LogP contribution in [0.15, 0.2) is 64.3 Å². The first kappa shape index (κ1) is 21.9. The molecule has 2 aromatic carbocycles. The summed E-state index contributed by atoms with van der Waals surface area (Å²) >= 11 is 5.97. The molecule has 1 heterocycles. The van der Waals surface area contributed by atoms with Crippen molar-refractivity contribution in [1.29, 1.82) is 0 Å². The molecule has 32 heavy (non-hydrogen) atoms. The highest BCUT2D eigenvalue weighted by Crippen LogP contribution is 2.24. The standard InChI is InChI=1S/C22H18ClN3O5S/c23-13-4-8-15(9-5-13)26-19-2-1-3-20(27)17(19)12-18(22(26)29)21(28)25-14-6-10-16(11-7-14)32(24,30)31/h4-12H,1-3H2,(H,25,28)(H2,24,30,31). The number of carbonyl (C=O) groups is 2. The Morgan fingerprint density at radius 1 is 1.00 bits per heavy atom. The minimum atomic E-state index is -3.88. The molecule has 0 unspecified atom stereocenters. The first-order chi connectivity index (χ1) is 15.1. The fraction of sp³-hybridized carbons (Fsp3) is 0.136. The molecule has 0 radical (unpaired) electrons. The van der Waals surface area contributed by atoms with Gasteiger partial charge in [0.25, 0.3) is 11.5 Å². The van der Waals surface area contributed by atoms with Crippen LogP contribution < -0.4 is 16.0 Å². The number of carbonyl (C=O) groups excluding carboxylic acids is 2. The summed E-state index contributed by atoms with van der Waals surface area (Å²) in [6.07, 6.45) is 1.47. The topological polar surface area (TPSA) is 128 Å². The molecule has 10 heteroatoms. The molecule has 8 nitrogen and oxygen atoms in total. The number of fused-ring (bicyclic) bond motifs is 1. The maximum atomic E-state index is 13.3. The van der Waals surface area contributed by atoms with Crippen LogP contribution in [0.2, 0.25) is 5.02 Å². The molecular weight excluding hydrogens is 454 g/mol. The average Bonchev–Trinajstić information content (AvgIpc) is 2.74. The lowest BCUT2D eigenvalue weighted by Crippen LogP contribution is -2.33. The first-order valence-corrected chi connectivity index (χ1v) is 11.6. The number of halogens is 1. The number of sulfonamides is 1. The zero-order valence-corrected chi connectivity index (χ0v) is 18.2. The van der Waals surface area contributed by atoms with Crippen LogP contribution in [0, 0.1) is 0 Å². The van der Waals surface area contributed by atoms with Gasteiger partial charge in [0.1, 0.15) is 5.56 Å². The second-order valence-corrected chi connectivity index (χ2v) is 9.33. The van der Waals surface area contributed by atoms with Gasteiger partial charge in [0.15, 0.2) is 5.78 Å². The van der Waals surface area contributed by atoms with E-state index in [2.05, 4.69) is 5.32 Å². The van der Waals surface area contributed by atoms with Gasteiger partial charge in [-0.05, 0) is 67.4 Å². The average molecular weight is 472 g/mol. The van der Waals surface area contributed by atoms with Crippen LogP contribution >= 0.6 is 11.6 Å². The molecule has 1 aliphatic carbocycles. The van der Waals surface area contributed by atoms with E-state index in [-0.39, 0.29) is 21.9 Å². The fourth-order valence-electron chi connectivity index (χ4n) is 3.64. The Balaban J connectivity index is 1.79. The Bertz CT molecular complexity index is 1400. The Labute approximate surface area is 188 Å². The van der Waals surface area contributed by atoms with Crippen molar-refractivity contribution >= 4 is 39.0 Å². The third-order valence-corrected chi connectivity index (χ3v) is 6.37. The number of pyridine rings is 1. The number of benzene rings is 2. The van der Waals surface area contributed by atoms with Gasteiger partial charge in [-0.15, -0.1) is 0 Å². The summed E-state index contributed by atoms with van der Waals surface area (Å²) in [6.45, 7) is 0. The SMILES string of the molecule is NS(=O)(=O)c1ccc(NC(=O)c2cc3c(n(-c4ccc(Cl)cc4)c2=O)CCCC3=O)cc1. The number of aromatic nitrogens is 1. The monoisotopic (exact) mass is 471 g/mol. The summed E-state index contributed by atoms with van der Waals surface area (Å²) in [4.78, 5) is 38.7. The van der Waals surface area contributed by atoms with E-state index in [0.29, 0.717) is 41.2 Å². The van der Waals surface area contributed by atoms with E-state index in [9.17, 15) is 22.8 Å². The highest BCUT2D eigenvalue weighted by atomic mass is 35.5. The van der Waals surface area contributed by atoms with Gasteiger partial charge in [-0.3, -0.25) is 19.0 Å². The zero-order chi connectivity index (χ0) is 23.0. The van der Waals surface area contributed by atoms with Gasteiger partial charge in [-0.1, -0.05) is 11.6 Å². The van der Waals surface area contributed by atoms with Gasteiger partial charge in [0.2, 0.25) is 10.0 Å². The van der Waals surface area contributed by atoms with E-state index >= 15 is 0 Å². The Morgan fingerprint density at radius 3 is 2.28 bits per heavy atom. The lowest BCUT2D eigenvalue weighted by atomic mass is 9.92. The second kappa shape index (κ2) is 8.34. The number of anilines is 1. The molecule has 0 aliphatic heterocycles. The van der Waals surface area contributed by atoms with Crippen LogP contribution in [0.3, 0.4) is 0 Å². The van der Waals surface area contributed by atoms with Gasteiger partial charge in [0.05, 0.1) is 4.90 Å². The molecule has 0 atom stereocenters. The number of ketones is 1. The molecular formula is C22H18ClN3O5S. The summed E-state index contributed by atoms with van der Waals surface area (Å²) in [6, 6.07) is 13.1. The van der Waals surface area contributed by atoms with Gasteiger partial charge >= 0.3 is 0 Å². The largest absolute Gasteiger partial charge is 0.322 e. The van der Waals surface area contributed by atoms with Crippen molar-refractivity contribution in [2.75, 3.05) is 5.32 Å². The van der Waals surface area contributed by atoms with E-state index < -0.39 is 21.5 Å². The first-order valence-electron chi connectivity index (χ1n) is 9.67. The summed E-state index contributed by atoms with van der Waals surface area (Å²) < 4.78 is 24.2. The highest BCUT2D eigenvalue weighted by Gasteiger charge is 2.26. The Hall–Kier alpha value is -3.27. The van der Waals surface area contributed by atoms with Crippen molar-refractivity contribution < 1.29 is 18.0 Å². The van der Waals surface area contributed by atoms with Gasteiger partial charge < -0.3 is 5.32 Å². The molecule has 4 rings (SSSR count). The van der Waals surface area contributed by atoms with Crippen molar-refractivity contribution in [3.05, 3.63) is 86.8 Å². The van der Waals surface area contributed by atoms with Crippen LogP contribution in [0.4, 0.5) is 5.69 Å². The number of hydrogen-bond acceptors (Lipinski definition) is 5. The second-order valence-electron chi connectivity index (χ2n) is 7.34. The third-order valence-electron chi connectivity index (χ3n) is 5.19. The van der Waals surface area contributed by atoms with Crippen molar-refractivity contribution in [3.63, 3.8) is 0 Å². The van der Waals surface area contributed by atoms with E-state index in [0.717, 1.165) is 0 Å². The van der Waals surface area contributed by atoms with Gasteiger partial charge in [-0.2, -0.15) is 0 Å². The van der Waals surface area contributed by atoms with Gasteiger partial charge in [0, 0.05) is 34.1 Å². The van der Waals surface area contributed by atoms with Crippen LogP contribution in [0.25, 0.3) is 5.69 Å². The van der Waals surface area contributed by atoms with E-state index in [1.807, 2.05) is 0 Å². The maximum absolute atomic E-state index is 13.3. The number of nitrogens with zero attached hydrogens (tertiary/aromatic N) is 1. The third kappa shape index (κ3) is 4.22. The Kier molecular flexibility index (Phi) is 5.72. The number of amides is 1. The number of primary sulfonamides is 1. The predicted molar refractivity (Wildman–Crippen MR) is 120 cm³/mol. The number of rotatable bonds is 4. The van der Waals surface area contributed by atoms with Crippen molar-refractivity contribution in [2.24, 2.45) is 5.14 Å². The molecule has 0 saturated heterocycles. The molecule has 3 N–H and O–H groups in total. The zero-order valence-electron chi connectivity index (χ0n) is 16.7. The summed E-state index contributed by atoms with van der Waals surface area (Å²) in [5, 5.41) is 8.13. The lowest BCUT2D eigenvalue weighted by Gasteiger charge is -2.21. The van der Waals surface area contributed by atoms with E-state index in [4.69, 9.17) is 16.7 Å². The fourth-order valence-corrected chi connectivity index (χ4v) is 4.29. The van der Waals surface area contributed by atoms with Crippen LogP contribution in [0.1, 0.15) is 39.3 Å². The minimum Gasteiger partial charge on any atom is -0.322 e. The quantitative estimate of drug-likeness (QED) is 0.604. The summed E-state index contributed by atoms with van der Waals surface area (Å²) in [5.41, 5.74) is 0.883. The van der Waals surface area contributed by atoms with Gasteiger partial charge in [-0.25, -0.2) is 13.6 Å². The maximum Gasteiger partial charge on any atom is 0.268 e. The predicted octanol–water partition coefficient (Wildman–Crippen LogP) is 2.91. The van der Waals surface area contributed by atoms with E-state index in [1.165, 1.54) is 34.9 Å². The molecule has 1 amide bonds. The molecule has 164 valence electrons. The van der Waals surface area contributed by atoms with E-state index in [1.54, 1.807) is 24.3 Å². The van der Waals surface area contributed by atoms with Crippen LogP contribution in [-0.4, -0.2) is 24.7 Å². The molecule has 0 saturated carbocycles. The van der Waals surface area contributed by atoms with Crippen molar-refractivity contribution in [1.82, 2.24) is 4.57 Å². The molecule has 0 spiro atoms. The molecule has 0 bridgehead atoms. The number of nitrogens with one attached hydrogen (secondary N) is 1. The lowest BCUT2D eigenvalue weighted by molar-refractivity contribution is 0.0971. The van der Waals surface area contributed by atoms with Crippen LogP contribution in [-0.2, 0) is 16.4 Å². The normalized spacial score (nSPS) is 13.5. The summed E-state index contributed by atoms with van der Waals surface area (Å²) in [5.74, 6) is -0.859. The van der Waals surface area contributed by atoms with Crippen LogP contribution in [0.5, 0.6) is 0 Å². The highest BCUT2D eigenvalue weighted by molar-refractivity contribution is 7.89.